The van der Waals surface area contributed by atoms with Gasteiger partial charge in [0.15, 0.2) is 0 Å². The van der Waals surface area contributed by atoms with E-state index in [1.54, 1.807) is 6.92 Å². The van der Waals surface area contributed by atoms with Crippen molar-refractivity contribution in [3.05, 3.63) is 77.1 Å². The van der Waals surface area contributed by atoms with Gasteiger partial charge in [-0.1, -0.05) is 42.5 Å². The molecule has 32 heavy (non-hydrogen) atoms. The van der Waals surface area contributed by atoms with Gasteiger partial charge in [-0.25, -0.2) is 19.1 Å². The van der Waals surface area contributed by atoms with Crippen molar-refractivity contribution in [2.24, 2.45) is 0 Å². The van der Waals surface area contributed by atoms with Crippen molar-refractivity contribution in [2.75, 3.05) is 6.61 Å². The van der Waals surface area contributed by atoms with Gasteiger partial charge in [-0.3, -0.25) is 4.57 Å². The van der Waals surface area contributed by atoms with E-state index in [4.69, 9.17) is 15.0 Å². The summed E-state index contributed by atoms with van der Waals surface area (Å²) in [5.41, 5.74) is 2.68. The maximum absolute atomic E-state index is 13.2. The third-order valence-corrected chi connectivity index (χ3v) is 5.22. The molecule has 0 aliphatic heterocycles. The average molecular weight is 429 g/mol. The van der Waals surface area contributed by atoms with E-state index < -0.39 is 11.8 Å². The lowest BCUT2D eigenvalue weighted by Gasteiger charge is -2.11. The molecular formula is C24H23N5O3. The Kier molecular flexibility index (Phi) is 6.17. The summed E-state index contributed by atoms with van der Waals surface area (Å²) in [4.78, 5) is 30.3. The Morgan fingerprint density at radius 3 is 2.59 bits per heavy atom. The Balaban J connectivity index is 1.83. The van der Waals surface area contributed by atoms with Crippen LogP contribution in [-0.2, 0) is 17.8 Å². The summed E-state index contributed by atoms with van der Waals surface area (Å²) in [6.07, 6.45) is 1.91. The molecule has 2 aromatic carbocycles. The Bertz CT molecular complexity index is 1340. The third-order valence-electron chi connectivity index (χ3n) is 5.22. The van der Waals surface area contributed by atoms with Crippen LogP contribution < -0.4 is 5.69 Å². The highest BCUT2D eigenvalue weighted by molar-refractivity contribution is 5.76. The fraction of sp³-hybridized carbons (Fsp3) is 0.250. The number of unbranched alkanes of at least 4 members (excludes halogenated alkanes) is 1. The third kappa shape index (κ3) is 4.05. The first-order valence-corrected chi connectivity index (χ1v) is 10.5. The molecule has 2 heterocycles. The van der Waals surface area contributed by atoms with Gasteiger partial charge in [-0.05, 0) is 31.0 Å². The van der Waals surface area contributed by atoms with Gasteiger partial charge in [-0.15, -0.1) is 0 Å². The number of rotatable bonds is 7. The monoisotopic (exact) mass is 429 g/mol. The van der Waals surface area contributed by atoms with Crippen molar-refractivity contribution < 1.29 is 9.53 Å². The zero-order valence-corrected chi connectivity index (χ0v) is 17.8. The highest BCUT2D eigenvalue weighted by Gasteiger charge is 2.20. The number of fused-ring (bicyclic) bond motifs is 1. The number of carbonyl (C=O) groups is 1. The molecular weight excluding hydrogens is 406 g/mol. The number of aromatic nitrogens is 4. The zero-order valence-electron chi connectivity index (χ0n) is 17.8. The lowest BCUT2D eigenvalue weighted by Crippen LogP contribution is -2.30. The minimum absolute atomic E-state index is 0.172. The second-order valence-corrected chi connectivity index (χ2v) is 7.25. The maximum Gasteiger partial charge on any atom is 0.422 e. The van der Waals surface area contributed by atoms with Gasteiger partial charge in [-0.2, -0.15) is 5.26 Å². The second-order valence-electron chi connectivity index (χ2n) is 7.25. The maximum atomic E-state index is 13.2. The minimum atomic E-state index is -0.712. The van der Waals surface area contributed by atoms with E-state index in [0.717, 1.165) is 21.2 Å². The van der Waals surface area contributed by atoms with Gasteiger partial charge in [0.1, 0.15) is 5.82 Å². The first kappa shape index (κ1) is 21.1. The van der Waals surface area contributed by atoms with Crippen LogP contribution in [0.15, 0.2) is 65.6 Å². The van der Waals surface area contributed by atoms with E-state index in [9.17, 15) is 9.59 Å². The highest BCUT2D eigenvalue weighted by Crippen LogP contribution is 2.22. The summed E-state index contributed by atoms with van der Waals surface area (Å²) >= 11 is 0. The standard InChI is InChI=1S/C24H23N5O3/c1-2-32-24(31)29-16-21(18-10-4-3-5-11-18)28(23(29)30)17-22-26-19-12-6-7-13-20(19)27(22)15-9-8-14-25/h3-7,10-13,16H,2,8-9,15,17H2,1H3. The van der Waals surface area contributed by atoms with E-state index in [1.807, 2.05) is 59.2 Å². The molecule has 0 N–H and O–H groups in total. The Hall–Kier alpha value is -4.12. The van der Waals surface area contributed by atoms with Gasteiger partial charge < -0.3 is 9.30 Å². The van der Waals surface area contributed by atoms with Crippen LogP contribution in [0.1, 0.15) is 25.6 Å². The predicted octanol–water partition coefficient (Wildman–Crippen LogP) is 4.02. The molecule has 0 atom stereocenters. The topological polar surface area (TPSA) is 94.8 Å². The van der Waals surface area contributed by atoms with Crippen LogP contribution in [0.5, 0.6) is 0 Å². The van der Waals surface area contributed by atoms with E-state index >= 15 is 0 Å². The molecule has 4 aromatic rings. The number of imidazole rings is 2. The zero-order chi connectivity index (χ0) is 22.5. The normalized spacial score (nSPS) is 10.9. The highest BCUT2D eigenvalue weighted by atomic mass is 16.5. The largest absolute Gasteiger partial charge is 0.449 e. The molecule has 0 amide bonds. The fourth-order valence-electron chi connectivity index (χ4n) is 3.75. The van der Waals surface area contributed by atoms with Crippen molar-refractivity contribution in [3.63, 3.8) is 0 Å². The summed E-state index contributed by atoms with van der Waals surface area (Å²) in [7, 11) is 0. The first-order chi connectivity index (χ1) is 15.6. The molecule has 0 saturated heterocycles. The Labute approximate surface area is 184 Å². The van der Waals surface area contributed by atoms with Crippen molar-refractivity contribution in [1.29, 1.82) is 5.26 Å². The van der Waals surface area contributed by atoms with Crippen molar-refractivity contribution in [1.82, 2.24) is 18.7 Å². The van der Waals surface area contributed by atoms with Crippen molar-refractivity contribution in [2.45, 2.75) is 32.9 Å². The molecule has 0 aliphatic carbocycles. The van der Waals surface area contributed by atoms with Crippen LogP contribution in [0.25, 0.3) is 22.3 Å². The predicted molar refractivity (Wildman–Crippen MR) is 120 cm³/mol. The summed E-state index contributed by atoms with van der Waals surface area (Å²) in [6, 6.07) is 19.3. The smallest absolute Gasteiger partial charge is 0.422 e. The average Bonchev–Trinajstić information content (AvgIpc) is 3.33. The summed E-state index contributed by atoms with van der Waals surface area (Å²) in [6.45, 7) is 2.65. The summed E-state index contributed by atoms with van der Waals surface area (Å²) in [5.74, 6) is 0.685. The van der Waals surface area contributed by atoms with E-state index in [1.165, 1.54) is 10.8 Å². The second kappa shape index (κ2) is 9.35. The van der Waals surface area contributed by atoms with Crippen LogP contribution in [0, 0.1) is 11.3 Å². The molecule has 8 heteroatoms. The summed E-state index contributed by atoms with van der Waals surface area (Å²) in [5, 5.41) is 8.94. The van der Waals surface area contributed by atoms with Crippen LogP contribution in [0.2, 0.25) is 0 Å². The number of nitrogens with zero attached hydrogens (tertiary/aromatic N) is 5. The van der Waals surface area contributed by atoms with E-state index in [0.29, 0.717) is 30.9 Å². The molecule has 8 nitrogen and oxygen atoms in total. The van der Waals surface area contributed by atoms with Crippen LogP contribution >= 0.6 is 0 Å². The van der Waals surface area contributed by atoms with E-state index in [-0.39, 0.29) is 13.2 Å². The molecule has 0 radical (unpaired) electrons. The van der Waals surface area contributed by atoms with E-state index in [2.05, 4.69) is 6.07 Å². The van der Waals surface area contributed by atoms with Crippen LogP contribution in [-0.4, -0.2) is 31.4 Å². The number of para-hydroxylation sites is 2. The number of hydrogen-bond donors (Lipinski definition) is 0. The fourth-order valence-corrected chi connectivity index (χ4v) is 3.75. The van der Waals surface area contributed by atoms with Gasteiger partial charge in [0, 0.05) is 19.2 Å². The van der Waals surface area contributed by atoms with Crippen molar-refractivity contribution >= 4 is 17.1 Å². The molecule has 0 spiro atoms. The number of hydrogen-bond acceptors (Lipinski definition) is 5. The number of ether oxygens (including phenoxy) is 1. The molecule has 0 unspecified atom stereocenters. The number of benzene rings is 2. The van der Waals surface area contributed by atoms with Crippen LogP contribution in [0.3, 0.4) is 0 Å². The lowest BCUT2D eigenvalue weighted by atomic mass is 10.2. The van der Waals surface area contributed by atoms with Gasteiger partial charge in [0.25, 0.3) is 0 Å². The minimum Gasteiger partial charge on any atom is -0.449 e. The van der Waals surface area contributed by atoms with Gasteiger partial charge in [0.05, 0.1) is 35.9 Å². The lowest BCUT2D eigenvalue weighted by molar-refractivity contribution is 0.153. The molecule has 2 aromatic heterocycles. The molecule has 0 saturated carbocycles. The van der Waals surface area contributed by atoms with Crippen molar-refractivity contribution in [3.8, 4) is 17.3 Å². The summed E-state index contributed by atoms with van der Waals surface area (Å²) < 4.78 is 9.63. The Morgan fingerprint density at radius 2 is 1.84 bits per heavy atom. The van der Waals surface area contributed by atoms with Gasteiger partial charge in [0.2, 0.25) is 0 Å². The van der Waals surface area contributed by atoms with Gasteiger partial charge >= 0.3 is 11.8 Å². The van der Waals surface area contributed by atoms with Crippen LogP contribution in [0.4, 0.5) is 4.79 Å². The molecule has 0 bridgehead atoms. The molecule has 4 rings (SSSR count). The SMILES string of the molecule is CCOC(=O)n1cc(-c2ccccc2)n(Cc2nc3ccccc3n2CCCC#N)c1=O. The number of nitriles is 1. The quantitative estimate of drug-likeness (QED) is 0.414. The molecule has 0 aliphatic rings. The Morgan fingerprint density at radius 1 is 1.09 bits per heavy atom. The first-order valence-electron chi connectivity index (χ1n) is 10.5. The molecule has 162 valence electrons. The number of aryl methyl sites for hydroxylation is 1. The molecule has 0 fully saturated rings. The number of carbonyl (C=O) groups excluding carboxylic acids is 1.